The minimum Gasteiger partial charge on any atom is -0.480 e. The van der Waals surface area contributed by atoms with Crippen molar-refractivity contribution in [2.24, 2.45) is 0 Å². The second kappa shape index (κ2) is 37.3. The highest BCUT2D eigenvalue weighted by Gasteiger charge is 2.26. The monoisotopic (exact) mass is 759 g/mol. The number of nitrogens with one attached hydrogen (secondary N) is 1. The van der Waals surface area contributed by atoms with Crippen LogP contribution >= 0.6 is 0 Å². The van der Waals surface area contributed by atoms with Crippen molar-refractivity contribution in [3.05, 3.63) is 0 Å². The van der Waals surface area contributed by atoms with E-state index in [1.807, 2.05) is 0 Å². The molecule has 0 heterocycles. The number of rotatable bonds is 40. The Morgan fingerprint density at radius 3 is 1.00 bits per heavy atom. The van der Waals surface area contributed by atoms with Crippen molar-refractivity contribution >= 4 is 17.8 Å². The zero-order valence-electron chi connectivity index (χ0n) is 31.7. The summed E-state index contributed by atoms with van der Waals surface area (Å²) in [4.78, 5) is 35.2. The average molecular weight is 760 g/mol. The summed E-state index contributed by atoms with van der Waals surface area (Å²) in [5.41, 5.74) is -0.749. The predicted octanol–water partition coefficient (Wildman–Crippen LogP) is 0.507. The quantitative estimate of drug-likeness (QED) is 0.0645. The van der Waals surface area contributed by atoms with Gasteiger partial charge in [0.1, 0.15) is 11.6 Å². The molecule has 0 aliphatic carbocycles. The van der Waals surface area contributed by atoms with Gasteiger partial charge in [0.25, 0.3) is 0 Å². The van der Waals surface area contributed by atoms with Crippen molar-refractivity contribution < 1.29 is 81.1 Å². The van der Waals surface area contributed by atoms with Gasteiger partial charge in [0, 0.05) is 13.5 Å². The van der Waals surface area contributed by atoms with Gasteiger partial charge in [-0.25, -0.2) is 4.79 Å². The summed E-state index contributed by atoms with van der Waals surface area (Å²) in [6.07, 6.45) is -0.524. The van der Waals surface area contributed by atoms with E-state index in [1.165, 1.54) is 0 Å². The maximum atomic E-state index is 12.0. The Labute approximate surface area is 308 Å². The van der Waals surface area contributed by atoms with E-state index in [0.29, 0.717) is 139 Å². The highest BCUT2D eigenvalue weighted by molar-refractivity contribution is 5.87. The first-order valence-electron chi connectivity index (χ1n) is 17.7. The second-order valence-electron chi connectivity index (χ2n) is 11.7. The summed E-state index contributed by atoms with van der Waals surface area (Å²) in [5.74, 6) is -2.57. The number of ether oxygens (including phenoxy) is 13. The van der Waals surface area contributed by atoms with E-state index >= 15 is 0 Å². The molecule has 0 spiro atoms. The van der Waals surface area contributed by atoms with Crippen molar-refractivity contribution in [1.29, 1.82) is 0 Å². The number of carbonyl (C=O) groups is 3. The molecule has 0 saturated heterocycles. The molecule has 0 fully saturated rings. The fraction of sp³-hybridized carbons (Fsp3) is 0.912. The summed E-state index contributed by atoms with van der Waals surface area (Å²) in [7, 11) is 1.64. The molecular formula is C34H65NO17. The number of esters is 1. The van der Waals surface area contributed by atoms with Crippen molar-refractivity contribution in [3.63, 3.8) is 0 Å². The number of carbonyl (C=O) groups excluding carboxylic acids is 2. The second-order valence-corrected chi connectivity index (χ2v) is 11.7. The molecule has 0 aliphatic rings. The Hall–Kier alpha value is -2.07. The number of aliphatic carboxylic acids is 1. The van der Waals surface area contributed by atoms with Crippen LogP contribution < -0.4 is 5.32 Å². The van der Waals surface area contributed by atoms with Gasteiger partial charge in [-0.3, -0.25) is 9.59 Å². The van der Waals surface area contributed by atoms with Gasteiger partial charge < -0.3 is 72.0 Å². The summed E-state index contributed by atoms with van der Waals surface area (Å²) in [5, 5.41) is 11.6. The van der Waals surface area contributed by atoms with Crippen LogP contribution in [-0.4, -0.2) is 194 Å². The van der Waals surface area contributed by atoms with E-state index < -0.39 is 35.9 Å². The molecule has 2 N–H and O–H groups in total. The molecule has 1 atom stereocenters. The van der Waals surface area contributed by atoms with Gasteiger partial charge >= 0.3 is 11.9 Å². The zero-order chi connectivity index (χ0) is 38.4. The van der Waals surface area contributed by atoms with Crippen LogP contribution in [0.4, 0.5) is 0 Å². The summed E-state index contributed by atoms with van der Waals surface area (Å²) in [6.45, 7) is 15.3. The van der Waals surface area contributed by atoms with Crippen LogP contribution in [0.2, 0.25) is 0 Å². The molecule has 18 heteroatoms. The van der Waals surface area contributed by atoms with E-state index in [2.05, 4.69) is 5.32 Å². The number of carboxylic acid groups (broad SMARTS) is 1. The SMILES string of the molecule is COCCOCCOCCOCCOCCOCCOCCOCCOCCOCCOCCOCCC(=O)N[C@@H](CC(=O)OC(C)(C)C)C(=O)O. The maximum absolute atomic E-state index is 12.0. The Kier molecular flexibility index (Phi) is 35.8. The van der Waals surface area contributed by atoms with Crippen molar-refractivity contribution in [3.8, 4) is 0 Å². The molecular weight excluding hydrogens is 694 g/mol. The Morgan fingerprint density at radius 2 is 0.750 bits per heavy atom. The van der Waals surface area contributed by atoms with Gasteiger partial charge in [-0.15, -0.1) is 0 Å². The van der Waals surface area contributed by atoms with Crippen molar-refractivity contribution in [2.45, 2.75) is 45.3 Å². The summed E-state index contributed by atoms with van der Waals surface area (Å²) < 4.78 is 69.6. The molecule has 52 heavy (non-hydrogen) atoms. The van der Waals surface area contributed by atoms with Gasteiger partial charge in [-0.1, -0.05) is 0 Å². The lowest BCUT2D eigenvalue weighted by molar-refractivity contribution is -0.158. The van der Waals surface area contributed by atoms with E-state index in [4.69, 9.17) is 61.6 Å². The highest BCUT2D eigenvalue weighted by atomic mass is 16.6. The molecule has 0 aromatic carbocycles. The van der Waals surface area contributed by atoms with Crippen molar-refractivity contribution in [2.75, 3.05) is 159 Å². The molecule has 0 bridgehead atoms. The third-order valence-corrected chi connectivity index (χ3v) is 6.05. The molecule has 0 aromatic heterocycles. The van der Waals surface area contributed by atoms with Crippen molar-refractivity contribution in [1.82, 2.24) is 5.32 Å². The average Bonchev–Trinajstić information content (AvgIpc) is 3.08. The first-order chi connectivity index (χ1) is 25.2. The van der Waals surface area contributed by atoms with E-state index in [9.17, 15) is 19.5 Å². The number of hydrogen-bond donors (Lipinski definition) is 2. The van der Waals surface area contributed by atoms with Crippen LogP contribution in [0.5, 0.6) is 0 Å². The largest absolute Gasteiger partial charge is 0.480 e. The van der Waals surface area contributed by atoms with Crippen LogP contribution in [0, 0.1) is 0 Å². The molecule has 0 saturated carbocycles. The molecule has 0 aliphatic heterocycles. The van der Waals surface area contributed by atoms with Gasteiger partial charge in [-0.05, 0) is 20.8 Å². The third kappa shape index (κ3) is 39.1. The lowest BCUT2D eigenvalue weighted by atomic mass is 10.1. The summed E-state index contributed by atoms with van der Waals surface area (Å²) >= 11 is 0. The number of hydrogen-bond acceptors (Lipinski definition) is 16. The minimum atomic E-state index is -1.37. The minimum absolute atomic E-state index is 0.0584. The third-order valence-electron chi connectivity index (χ3n) is 6.05. The fourth-order valence-corrected chi connectivity index (χ4v) is 3.62. The molecule has 18 nitrogen and oxygen atoms in total. The number of methoxy groups -OCH3 is 1. The smallest absolute Gasteiger partial charge is 0.326 e. The lowest BCUT2D eigenvalue weighted by Crippen LogP contribution is -2.43. The highest BCUT2D eigenvalue weighted by Crippen LogP contribution is 2.09. The summed E-state index contributed by atoms with van der Waals surface area (Å²) in [6, 6.07) is -1.37. The topological polar surface area (TPSA) is 203 Å². The van der Waals surface area contributed by atoms with Crippen LogP contribution in [-0.2, 0) is 76.0 Å². The lowest BCUT2D eigenvalue weighted by Gasteiger charge is -2.21. The van der Waals surface area contributed by atoms with Gasteiger partial charge in [0.15, 0.2) is 0 Å². The van der Waals surface area contributed by atoms with E-state index in [1.54, 1.807) is 27.9 Å². The Bertz CT molecular complexity index is 830. The molecule has 0 rings (SSSR count). The maximum Gasteiger partial charge on any atom is 0.326 e. The van der Waals surface area contributed by atoms with E-state index in [-0.39, 0.29) is 19.6 Å². The number of carboxylic acids is 1. The standard InChI is InChI=1S/C34H65NO17/c1-34(2,3)52-32(37)29-30(33(38)39)35-31(36)5-6-41-9-10-43-13-14-45-17-18-47-21-22-49-25-26-51-28-27-50-24-23-48-20-19-46-16-15-44-12-11-42-8-7-40-4/h30H,5-29H2,1-4H3,(H,35,36)(H,38,39)/t30-/m0/s1. The van der Waals surface area contributed by atoms with Crippen LogP contribution in [0.15, 0.2) is 0 Å². The predicted molar refractivity (Wildman–Crippen MR) is 186 cm³/mol. The number of amides is 1. The van der Waals surface area contributed by atoms with Crippen LogP contribution in [0.3, 0.4) is 0 Å². The normalized spacial score (nSPS) is 12.2. The first kappa shape index (κ1) is 49.9. The first-order valence-corrected chi connectivity index (χ1v) is 17.7. The van der Waals surface area contributed by atoms with Gasteiger partial charge in [-0.2, -0.15) is 0 Å². The molecule has 308 valence electrons. The Balaban J connectivity index is 3.30. The zero-order valence-corrected chi connectivity index (χ0v) is 31.7. The Morgan fingerprint density at radius 1 is 0.481 bits per heavy atom. The van der Waals surface area contributed by atoms with Crippen LogP contribution in [0.1, 0.15) is 33.6 Å². The molecule has 0 aromatic rings. The molecule has 0 radical (unpaired) electrons. The van der Waals surface area contributed by atoms with E-state index in [0.717, 1.165) is 0 Å². The van der Waals surface area contributed by atoms with Gasteiger partial charge in [0.2, 0.25) is 5.91 Å². The van der Waals surface area contributed by atoms with Crippen LogP contribution in [0.25, 0.3) is 0 Å². The molecule has 0 unspecified atom stereocenters. The van der Waals surface area contributed by atoms with Gasteiger partial charge in [0.05, 0.1) is 158 Å². The fourth-order valence-electron chi connectivity index (χ4n) is 3.62. The molecule has 1 amide bonds.